The minimum atomic E-state index is -0.579. The number of amides is 3. The number of hydrogen-bond donors (Lipinski definition) is 0. The van der Waals surface area contributed by atoms with Crippen molar-refractivity contribution in [3.63, 3.8) is 0 Å². The van der Waals surface area contributed by atoms with Gasteiger partial charge >= 0.3 is 5.97 Å². The van der Waals surface area contributed by atoms with E-state index >= 15 is 0 Å². The first-order chi connectivity index (χ1) is 16.8. The van der Waals surface area contributed by atoms with Crippen molar-refractivity contribution in [2.24, 2.45) is 17.8 Å². The number of anilines is 1. The summed E-state index contributed by atoms with van der Waals surface area (Å²) < 4.78 is 5.61. The van der Waals surface area contributed by atoms with Crippen molar-refractivity contribution in [2.75, 3.05) is 11.4 Å². The van der Waals surface area contributed by atoms with Crippen molar-refractivity contribution in [2.45, 2.75) is 39.2 Å². The molecule has 4 atom stereocenters. The summed E-state index contributed by atoms with van der Waals surface area (Å²) >= 11 is 0. The number of nitrogens with zero attached hydrogens (tertiary/aromatic N) is 2. The van der Waals surface area contributed by atoms with Crippen molar-refractivity contribution in [1.82, 2.24) is 4.90 Å². The highest BCUT2D eigenvalue weighted by molar-refractivity contribution is 6.22. The Kier molecular flexibility index (Phi) is 6.01. The van der Waals surface area contributed by atoms with E-state index in [4.69, 9.17) is 4.74 Å². The monoisotopic (exact) mass is 472 g/mol. The number of carbonyl (C=O) groups is 4. The van der Waals surface area contributed by atoms with Gasteiger partial charge in [-0.05, 0) is 44.4 Å². The van der Waals surface area contributed by atoms with Crippen LogP contribution in [0.4, 0.5) is 5.69 Å². The fourth-order valence-electron chi connectivity index (χ4n) is 5.35. The number of likely N-dealkylation sites (tertiary alicyclic amines) is 1. The lowest BCUT2D eigenvalue weighted by atomic mass is 9.82. The van der Waals surface area contributed by atoms with Gasteiger partial charge in [0, 0.05) is 19.0 Å². The Balaban J connectivity index is 1.27. The number of benzene rings is 2. The fourth-order valence-corrected chi connectivity index (χ4v) is 5.35. The number of imide groups is 1. The molecule has 2 aromatic rings. The zero-order chi connectivity index (χ0) is 24.7. The van der Waals surface area contributed by atoms with Gasteiger partial charge < -0.3 is 9.64 Å². The third-order valence-corrected chi connectivity index (χ3v) is 7.36. The maximum Gasteiger partial charge on any atom is 0.316 e. The Morgan fingerprint density at radius 1 is 0.971 bits per heavy atom. The maximum absolute atomic E-state index is 13.0. The summed E-state index contributed by atoms with van der Waals surface area (Å²) in [5.74, 6) is -1.99. The molecule has 0 N–H and O–H groups in total. The molecular weight excluding hydrogens is 444 g/mol. The zero-order valence-corrected chi connectivity index (χ0v) is 19.8. The van der Waals surface area contributed by atoms with E-state index < -0.39 is 11.9 Å². The average molecular weight is 473 g/mol. The van der Waals surface area contributed by atoms with Crippen LogP contribution in [-0.4, -0.2) is 35.1 Å². The summed E-state index contributed by atoms with van der Waals surface area (Å²) in [5.41, 5.74) is 2.53. The Bertz CT molecular complexity index is 1220. The van der Waals surface area contributed by atoms with Crippen molar-refractivity contribution in [1.29, 1.82) is 0 Å². The van der Waals surface area contributed by atoms with E-state index in [0.29, 0.717) is 18.5 Å². The van der Waals surface area contributed by atoms with Gasteiger partial charge in [0.25, 0.3) is 0 Å². The summed E-state index contributed by atoms with van der Waals surface area (Å²) in [4.78, 5) is 54.5. The van der Waals surface area contributed by atoms with Crippen LogP contribution in [0.15, 0.2) is 66.2 Å². The third kappa shape index (κ3) is 4.27. The minimum absolute atomic E-state index is 0.0863. The van der Waals surface area contributed by atoms with E-state index in [1.165, 1.54) is 4.90 Å². The van der Waals surface area contributed by atoms with Crippen LogP contribution in [0.5, 0.6) is 5.75 Å². The summed E-state index contributed by atoms with van der Waals surface area (Å²) in [6.07, 6.45) is 3.28. The number of fused-ring (bicyclic) bond motifs is 1. The highest BCUT2D eigenvalue weighted by Crippen LogP contribution is 2.40. The van der Waals surface area contributed by atoms with Gasteiger partial charge in [-0.1, -0.05) is 48.0 Å². The number of esters is 1. The number of allylic oxidation sites excluding steroid dienone is 2. The lowest BCUT2D eigenvalue weighted by Crippen LogP contribution is -2.31. The van der Waals surface area contributed by atoms with Gasteiger partial charge in [-0.15, -0.1) is 0 Å². The normalized spacial score (nSPS) is 24.9. The molecule has 2 aliphatic heterocycles. The highest BCUT2D eigenvalue weighted by Gasteiger charge is 2.48. The lowest BCUT2D eigenvalue weighted by Gasteiger charge is -2.25. The van der Waals surface area contributed by atoms with Crippen LogP contribution in [0.2, 0.25) is 0 Å². The Morgan fingerprint density at radius 2 is 1.71 bits per heavy atom. The molecule has 3 amide bonds. The SMILES string of the molecule is CC1=CC[C@@H]2C(=O)N(c3cccc(OC(=O)[C@@H]4CC(=O)N([C@H](C)c5ccccc5)C4)c3)C(=O)[C@@H]2C1. The van der Waals surface area contributed by atoms with E-state index in [1.807, 2.05) is 50.3 Å². The van der Waals surface area contributed by atoms with E-state index in [9.17, 15) is 19.2 Å². The van der Waals surface area contributed by atoms with Gasteiger partial charge in [-0.2, -0.15) is 0 Å². The topological polar surface area (TPSA) is 84.0 Å². The second-order valence-electron chi connectivity index (χ2n) is 9.67. The number of rotatable bonds is 5. The Morgan fingerprint density at radius 3 is 2.49 bits per heavy atom. The van der Waals surface area contributed by atoms with Gasteiger partial charge in [-0.3, -0.25) is 19.2 Å². The van der Waals surface area contributed by atoms with Crippen LogP contribution in [0.1, 0.15) is 44.7 Å². The van der Waals surface area contributed by atoms with Gasteiger partial charge in [0.15, 0.2) is 0 Å². The van der Waals surface area contributed by atoms with E-state index in [1.54, 1.807) is 29.2 Å². The second kappa shape index (κ2) is 9.13. The zero-order valence-electron chi connectivity index (χ0n) is 19.8. The molecule has 35 heavy (non-hydrogen) atoms. The predicted octanol–water partition coefficient (Wildman–Crippen LogP) is 4.05. The molecule has 0 spiro atoms. The van der Waals surface area contributed by atoms with Gasteiger partial charge in [0.1, 0.15) is 5.75 Å². The maximum atomic E-state index is 13.0. The van der Waals surface area contributed by atoms with Gasteiger partial charge in [0.05, 0.1) is 29.5 Å². The van der Waals surface area contributed by atoms with Crippen molar-refractivity contribution in [3.05, 3.63) is 71.8 Å². The summed E-state index contributed by atoms with van der Waals surface area (Å²) in [7, 11) is 0. The first kappa shape index (κ1) is 23.0. The molecule has 7 heteroatoms. The highest BCUT2D eigenvalue weighted by atomic mass is 16.5. The first-order valence-electron chi connectivity index (χ1n) is 12.0. The molecule has 1 aliphatic carbocycles. The molecule has 2 aromatic carbocycles. The Hall–Kier alpha value is -3.74. The lowest BCUT2D eigenvalue weighted by molar-refractivity contribution is -0.139. The number of carbonyl (C=O) groups excluding carboxylic acids is 4. The molecule has 0 unspecified atom stereocenters. The molecule has 0 radical (unpaired) electrons. The van der Waals surface area contributed by atoms with E-state index in [0.717, 1.165) is 11.1 Å². The third-order valence-electron chi connectivity index (χ3n) is 7.36. The van der Waals surface area contributed by atoms with Crippen molar-refractivity contribution >= 4 is 29.4 Å². The first-order valence-corrected chi connectivity index (χ1v) is 12.0. The predicted molar refractivity (Wildman–Crippen MR) is 129 cm³/mol. The second-order valence-corrected chi connectivity index (χ2v) is 9.67. The summed E-state index contributed by atoms with van der Waals surface area (Å²) in [6.45, 7) is 4.21. The molecule has 5 rings (SSSR count). The molecule has 7 nitrogen and oxygen atoms in total. The fraction of sp³-hybridized carbons (Fsp3) is 0.357. The number of hydrogen-bond acceptors (Lipinski definition) is 5. The van der Waals surface area contributed by atoms with Crippen LogP contribution in [-0.2, 0) is 19.2 Å². The molecule has 3 aliphatic rings. The van der Waals surface area contributed by atoms with Gasteiger partial charge in [0.2, 0.25) is 17.7 Å². The van der Waals surface area contributed by atoms with Gasteiger partial charge in [-0.25, -0.2) is 4.90 Å². The van der Waals surface area contributed by atoms with Crippen molar-refractivity contribution < 1.29 is 23.9 Å². The van der Waals surface area contributed by atoms with Crippen LogP contribution >= 0.6 is 0 Å². The molecule has 0 saturated carbocycles. The van der Waals surface area contributed by atoms with Crippen LogP contribution in [0, 0.1) is 17.8 Å². The quantitative estimate of drug-likeness (QED) is 0.284. The van der Waals surface area contributed by atoms with Crippen LogP contribution in [0.3, 0.4) is 0 Å². The molecule has 2 fully saturated rings. The largest absolute Gasteiger partial charge is 0.426 e. The molecule has 0 bridgehead atoms. The van der Waals surface area contributed by atoms with E-state index in [2.05, 4.69) is 0 Å². The van der Waals surface area contributed by atoms with Crippen molar-refractivity contribution in [3.8, 4) is 5.75 Å². The van der Waals surface area contributed by atoms with E-state index in [-0.39, 0.29) is 54.3 Å². The Labute approximate surface area is 204 Å². The smallest absolute Gasteiger partial charge is 0.316 e. The van der Waals surface area contributed by atoms with Crippen LogP contribution < -0.4 is 9.64 Å². The number of ether oxygens (including phenoxy) is 1. The molecular formula is C28H28N2O5. The molecule has 180 valence electrons. The molecule has 2 heterocycles. The molecule has 2 saturated heterocycles. The average Bonchev–Trinajstić information content (AvgIpc) is 3.36. The summed E-state index contributed by atoms with van der Waals surface area (Å²) in [6, 6.07) is 16.1. The minimum Gasteiger partial charge on any atom is -0.426 e. The molecule has 0 aromatic heterocycles. The standard InChI is InChI=1S/C28H28N2O5/c1-17-11-12-23-24(13-17)27(33)30(26(23)32)21-9-6-10-22(15-21)35-28(34)20-14-25(31)29(16-20)18(2)19-7-4-3-5-8-19/h3-11,15,18,20,23-24H,12-14,16H2,1-2H3/t18-,20-,23+,24-/m1/s1. The van der Waals surface area contributed by atoms with Crippen LogP contribution in [0.25, 0.3) is 0 Å². The summed E-state index contributed by atoms with van der Waals surface area (Å²) in [5, 5.41) is 0.